The van der Waals surface area contributed by atoms with Crippen molar-refractivity contribution in [3.05, 3.63) is 65.3 Å². The number of halogens is 1. The number of carboxylic acid groups (broad SMARTS) is 1. The van der Waals surface area contributed by atoms with Crippen LogP contribution in [0.25, 0.3) is 10.9 Å². The van der Waals surface area contributed by atoms with Crippen LogP contribution in [0.1, 0.15) is 12.6 Å². The van der Waals surface area contributed by atoms with E-state index < -0.39 is 24.0 Å². The molecule has 2 atom stereocenters. The van der Waals surface area contributed by atoms with Gasteiger partial charge in [0.1, 0.15) is 11.8 Å². The summed E-state index contributed by atoms with van der Waals surface area (Å²) in [6, 6.07) is 15.0. The van der Waals surface area contributed by atoms with Crippen molar-refractivity contribution in [1.82, 2.24) is 10.3 Å². The van der Waals surface area contributed by atoms with Crippen LogP contribution in [0.2, 0.25) is 5.02 Å². The zero-order chi connectivity index (χ0) is 19.4. The van der Waals surface area contributed by atoms with Gasteiger partial charge in [0, 0.05) is 28.0 Å². The highest BCUT2D eigenvalue weighted by Crippen LogP contribution is 2.21. The second-order valence-electron chi connectivity index (χ2n) is 6.20. The van der Waals surface area contributed by atoms with Crippen molar-refractivity contribution in [3.63, 3.8) is 0 Å². The third kappa shape index (κ3) is 4.80. The number of fused-ring (bicyclic) bond motifs is 1. The summed E-state index contributed by atoms with van der Waals surface area (Å²) in [5.41, 5.74) is 1.54. The molecule has 1 unspecified atom stereocenters. The number of aromatic amines is 1. The number of aromatic nitrogens is 1. The first-order valence-corrected chi connectivity index (χ1v) is 8.82. The van der Waals surface area contributed by atoms with E-state index in [1.165, 1.54) is 0 Å². The summed E-state index contributed by atoms with van der Waals surface area (Å²) in [4.78, 5) is 27.1. The Morgan fingerprint density at radius 2 is 1.93 bits per heavy atom. The number of carbonyl (C=O) groups excluding carboxylic acids is 1. The summed E-state index contributed by atoms with van der Waals surface area (Å²) in [5, 5.41) is 13.5. The van der Waals surface area contributed by atoms with Crippen molar-refractivity contribution in [2.75, 3.05) is 0 Å². The minimum absolute atomic E-state index is 0.116. The number of carbonyl (C=O) groups is 2. The number of aliphatic carboxylic acids is 1. The van der Waals surface area contributed by atoms with E-state index in [0.717, 1.165) is 10.9 Å². The van der Waals surface area contributed by atoms with Gasteiger partial charge in [-0.15, -0.1) is 0 Å². The van der Waals surface area contributed by atoms with Gasteiger partial charge >= 0.3 is 5.97 Å². The zero-order valence-corrected chi connectivity index (χ0v) is 15.4. The predicted molar refractivity (Wildman–Crippen MR) is 103 cm³/mol. The molecule has 2 aromatic carbocycles. The zero-order valence-electron chi connectivity index (χ0n) is 14.6. The van der Waals surface area contributed by atoms with Gasteiger partial charge in [0.2, 0.25) is 0 Å². The molecule has 6 nitrogen and oxygen atoms in total. The minimum Gasteiger partial charge on any atom is -0.481 e. The highest BCUT2D eigenvalue weighted by molar-refractivity contribution is 6.31. The molecule has 0 radical (unpaired) electrons. The molecule has 140 valence electrons. The van der Waals surface area contributed by atoms with E-state index in [4.69, 9.17) is 16.3 Å². The van der Waals surface area contributed by atoms with E-state index >= 15 is 0 Å². The van der Waals surface area contributed by atoms with Crippen molar-refractivity contribution in [2.24, 2.45) is 0 Å². The van der Waals surface area contributed by atoms with Gasteiger partial charge in [0.15, 0.2) is 6.10 Å². The number of benzene rings is 2. The molecule has 0 aliphatic carbocycles. The molecule has 0 aliphatic rings. The standard InChI is InChI=1S/C20H19ClN2O4/c1-12(27-16-5-3-2-4-6-16)19(24)23-18(20(25)26)11-15-10-13-9-14(21)7-8-17(13)22-15/h2-10,12,18,22H,11H2,1H3,(H,23,24)(H,25,26)/t12?,18-/m1/s1. The van der Waals surface area contributed by atoms with Gasteiger partial charge < -0.3 is 20.1 Å². The monoisotopic (exact) mass is 386 g/mol. The van der Waals surface area contributed by atoms with Crippen LogP contribution in [0.15, 0.2) is 54.6 Å². The van der Waals surface area contributed by atoms with Crippen LogP contribution in [-0.4, -0.2) is 34.1 Å². The van der Waals surface area contributed by atoms with E-state index in [9.17, 15) is 14.7 Å². The van der Waals surface area contributed by atoms with Gasteiger partial charge in [-0.2, -0.15) is 0 Å². The normalized spacial score (nSPS) is 13.1. The lowest BCUT2D eigenvalue weighted by Crippen LogP contribution is -2.47. The number of ether oxygens (including phenoxy) is 1. The molecule has 0 saturated carbocycles. The number of para-hydroxylation sites is 1. The molecule has 0 fully saturated rings. The largest absolute Gasteiger partial charge is 0.481 e. The lowest BCUT2D eigenvalue weighted by Gasteiger charge is -2.18. The van der Waals surface area contributed by atoms with E-state index in [1.807, 2.05) is 18.2 Å². The molecule has 3 aromatic rings. The van der Waals surface area contributed by atoms with Gasteiger partial charge in [0.05, 0.1) is 0 Å². The smallest absolute Gasteiger partial charge is 0.326 e. The van der Waals surface area contributed by atoms with Gasteiger partial charge in [-0.1, -0.05) is 29.8 Å². The quantitative estimate of drug-likeness (QED) is 0.580. The molecule has 0 spiro atoms. The molecule has 1 amide bonds. The summed E-state index contributed by atoms with van der Waals surface area (Å²) < 4.78 is 5.54. The molecule has 27 heavy (non-hydrogen) atoms. The van der Waals surface area contributed by atoms with Crippen molar-refractivity contribution < 1.29 is 19.4 Å². The molecule has 1 heterocycles. The number of carboxylic acids is 1. The van der Waals surface area contributed by atoms with Crippen LogP contribution in [0.5, 0.6) is 5.75 Å². The second-order valence-corrected chi connectivity index (χ2v) is 6.64. The van der Waals surface area contributed by atoms with Gasteiger partial charge in [-0.05, 0) is 43.3 Å². The van der Waals surface area contributed by atoms with E-state index in [0.29, 0.717) is 16.5 Å². The van der Waals surface area contributed by atoms with E-state index in [-0.39, 0.29) is 6.42 Å². The van der Waals surface area contributed by atoms with E-state index in [1.54, 1.807) is 43.3 Å². The maximum atomic E-state index is 12.3. The molecular weight excluding hydrogens is 368 g/mol. The highest BCUT2D eigenvalue weighted by Gasteiger charge is 2.25. The van der Waals surface area contributed by atoms with Gasteiger partial charge in [0.25, 0.3) is 5.91 Å². The highest BCUT2D eigenvalue weighted by atomic mass is 35.5. The Morgan fingerprint density at radius 1 is 1.19 bits per heavy atom. The maximum absolute atomic E-state index is 12.3. The molecular formula is C20H19ClN2O4. The summed E-state index contributed by atoms with van der Waals surface area (Å²) in [7, 11) is 0. The van der Waals surface area contributed by atoms with Crippen molar-refractivity contribution >= 4 is 34.4 Å². The number of nitrogens with one attached hydrogen (secondary N) is 2. The number of amides is 1. The topological polar surface area (TPSA) is 91.4 Å². The SMILES string of the molecule is CC(Oc1ccccc1)C(=O)N[C@H](Cc1cc2cc(Cl)ccc2[nH]1)C(=O)O. The second kappa shape index (κ2) is 8.14. The average molecular weight is 387 g/mol. The third-order valence-corrected chi connectivity index (χ3v) is 4.34. The van der Waals surface area contributed by atoms with Crippen LogP contribution in [0, 0.1) is 0 Å². The number of H-pyrrole nitrogens is 1. The lowest BCUT2D eigenvalue weighted by molar-refractivity contribution is -0.142. The maximum Gasteiger partial charge on any atom is 0.326 e. The molecule has 0 aliphatic heterocycles. The average Bonchev–Trinajstić information content (AvgIpc) is 3.03. The Labute approximate surface area is 161 Å². The fourth-order valence-electron chi connectivity index (χ4n) is 2.74. The minimum atomic E-state index is -1.12. The van der Waals surface area contributed by atoms with E-state index in [2.05, 4.69) is 10.3 Å². The first kappa shape index (κ1) is 18.8. The number of rotatable bonds is 7. The first-order valence-electron chi connectivity index (χ1n) is 8.44. The fraction of sp³-hybridized carbons (Fsp3) is 0.200. The van der Waals surface area contributed by atoms with Crippen molar-refractivity contribution in [2.45, 2.75) is 25.5 Å². The molecule has 3 N–H and O–H groups in total. The molecule has 7 heteroatoms. The van der Waals surface area contributed by atoms with Crippen LogP contribution < -0.4 is 10.1 Å². The fourth-order valence-corrected chi connectivity index (χ4v) is 2.92. The lowest BCUT2D eigenvalue weighted by atomic mass is 10.1. The molecule has 1 aromatic heterocycles. The first-order chi connectivity index (χ1) is 12.9. The third-order valence-electron chi connectivity index (χ3n) is 4.10. The van der Waals surface area contributed by atoms with Gasteiger partial charge in [-0.3, -0.25) is 4.79 Å². The Morgan fingerprint density at radius 3 is 2.63 bits per heavy atom. The van der Waals surface area contributed by atoms with Crippen LogP contribution in [-0.2, 0) is 16.0 Å². The summed E-state index contributed by atoms with van der Waals surface area (Å²) in [6.45, 7) is 1.58. The molecule has 0 saturated heterocycles. The number of hydrogen-bond acceptors (Lipinski definition) is 3. The number of hydrogen-bond donors (Lipinski definition) is 3. The van der Waals surface area contributed by atoms with Crippen LogP contribution in [0.3, 0.4) is 0 Å². The Kier molecular flexibility index (Phi) is 5.66. The van der Waals surface area contributed by atoms with Crippen LogP contribution >= 0.6 is 11.6 Å². The summed E-state index contributed by atoms with van der Waals surface area (Å²) >= 11 is 5.98. The Balaban J connectivity index is 1.67. The Bertz CT molecular complexity index is 955. The van der Waals surface area contributed by atoms with Gasteiger partial charge in [-0.25, -0.2) is 4.79 Å². The summed E-state index contributed by atoms with van der Waals surface area (Å²) in [5.74, 6) is -1.07. The van der Waals surface area contributed by atoms with Crippen molar-refractivity contribution in [3.8, 4) is 5.75 Å². The summed E-state index contributed by atoms with van der Waals surface area (Å²) in [6.07, 6.45) is -0.707. The molecule has 3 rings (SSSR count). The van der Waals surface area contributed by atoms with Crippen LogP contribution in [0.4, 0.5) is 0 Å². The Hall–Kier alpha value is -2.99. The molecule has 0 bridgehead atoms. The predicted octanol–water partition coefficient (Wildman–Crippen LogP) is 3.40. The van der Waals surface area contributed by atoms with Crippen molar-refractivity contribution in [1.29, 1.82) is 0 Å².